The Balaban J connectivity index is 2.51. The van der Waals surface area contributed by atoms with Crippen molar-refractivity contribution in [2.75, 3.05) is 19.7 Å². The molecular weight excluding hydrogens is 390 g/mol. The lowest BCUT2D eigenvalue weighted by Crippen LogP contribution is -2.50. The van der Waals surface area contributed by atoms with Crippen molar-refractivity contribution in [2.45, 2.75) is 58.5 Å². The van der Waals surface area contributed by atoms with Crippen LogP contribution in [-0.4, -0.2) is 53.5 Å². The number of carbonyl (C=O) groups is 2. The zero-order chi connectivity index (χ0) is 22.9. The standard InChI is InChI=1S/C25H35N3O3/c1-6-31-23(29)18-27-24(30)25(21-12-8-7-9-13-21,22-14-10-11-16-26-22)15-17-28(19(2)3)20(4)5/h7-14,16,19-20H,6,15,17-18H2,1-5H3,(H,27,30). The van der Waals surface area contributed by atoms with Crippen molar-refractivity contribution in [2.24, 2.45) is 0 Å². The van der Waals surface area contributed by atoms with Crippen LogP contribution in [0.15, 0.2) is 54.7 Å². The van der Waals surface area contributed by atoms with E-state index in [2.05, 4.69) is 42.9 Å². The third-order valence-corrected chi connectivity index (χ3v) is 5.53. The summed E-state index contributed by atoms with van der Waals surface area (Å²) in [6.07, 6.45) is 2.23. The molecule has 0 radical (unpaired) electrons. The van der Waals surface area contributed by atoms with Gasteiger partial charge < -0.3 is 10.1 Å². The average Bonchev–Trinajstić information content (AvgIpc) is 2.76. The maximum Gasteiger partial charge on any atom is 0.325 e. The van der Waals surface area contributed by atoms with E-state index in [9.17, 15) is 9.59 Å². The molecule has 0 saturated carbocycles. The number of aromatic nitrogens is 1. The van der Waals surface area contributed by atoms with Gasteiger partial charge in [-0.05, 0) is 58.7 Å². The zero-order valence-electron chi connectivity index (χ0n) is 19.3. The van der Waals surface area contributed by atoms with E-state index in [0.717, 1.165) is 5.56 Å². The molecule has 0 fully saturated rings. The highest BCUT2D eigenvalue weighted by molar-refractivity contribution is 5.93. The molecule has 0 saturated heterocycles. The van der Waals surface area contributed by atoms with Crippen molar-refractivity contribution in [1.82, 2.24) is 15.2 Å². The van der Waals surface area contributed by atoms with Gasteiger partial charge in [-0.2, -0.15) is 0 Å². The van der Waals surface area contributed by atoms with E-state index >= 15 is 0 Å². The molecule has 0 aliphatic heterocycles. The molecule has 1 heterocycles. The molecule has 1 aromatic heterocycles. The van der Waals surface area contributed by atoms with E-state index in [4.69, 9.17) is 4.74 Å². The molecule has 1 atom stereocenters. The van der Waals surface area contributed by atoms with Gasteiger partial charge in [-0.15, -0.1) is 0 Å². The summed E-state index contributed by atoms with van der Waals surface area (Å²) in [4.78, 5) is 32.6. The minimum atomic E-state index is -1.03. The fourth-order valence-electron chi connectivity index (χ4n) is 4.04. The SMILES string of the molecule is CCOC(=O)CNC(=O)C(CCN(C(C)C)C(C)C)(c1ccccc1)c1ccccn1. The van der Waals surface area contributed by atoms with Crippen LogP contribution < -0.4 is 5.32 Å². The molecule has 31 heavy (non-hydrogen) atoms. The predicted molar refractivity (Wildman–Crippen MR) is 123 cm³/mol. The second-order valence-corrected chi connectivity index (χ2v) is 8.15. The number of nitrogens with zero attached hydrogens (tertiary/aromatic N) is 2. The molecule has 0 aliphatic carbocycles. The maximum absolute atomic E-state index is 13.7. The smallest absolute Gasteiger partial charge is 0.325 e. The molecule has 6 heteroatoms. The van der Waals surface area contributed by atoms with Gasteiger partial charge in [-0.1, -0.05) is 36.4 Å². The molecule has 1 unspecified atom stereocenters. The summed E-state index contributed by atoms with van der Waals surface area (Å²) in [5.41, 5.74) is 0.481. The maximum atomic E-state index is 13.7. The van der Waals surface area contributed by atoms with Crippen LogP contribution >= 0.6 is 0 Å². The number of nitrogens with one attached hydrogen (secondary N) is 1. The first kappa shape index (κ1) is 24.5. The van der Waals surface area contributed by atoms with E-state index in [1.54, 1.807) is 13.1 Å². The molecule has 168 valence electrons. The molecule has 0 spiro atoms. The van der Waals surface area contributed by atoms with Gasteiger partial charge in [-0.3, -0.25) is 19.5 Å². The van der Waals surface area contributed by atoms with Crippen molar-refractivity contribution < 1.29 is 14.3 Å². The zero-order valence-corrected chi connectivity index (χ0v) is 19.3. The first-order chi connectivity index (χ1) is 14.8. The number of ether oxygens (including phenoxy) is 1. The number of hydrogen-bond acceptors (Lipinski definition) is 5. The van der Waals surface area contributed by atoms with E-state index < -0.39 is 11.4 Å². The summed E-state index contributed by atoms with van der Waals surface area (Å²) in [6, 6.07) is 16.0. The Kier molecular flexibility index (Phi) is 9.19. The Morgan fingerprint density at radius 2 is 1.68 bits per heavy atom. The Hall–Kier alpha value is -2.73. The van der Waals surface area contributed by atoms with E-state index in [1.165, 1.54) is 0 Å². The summed E-state index contributed by atoms with van der Waals surface area (Å²) in [7, 11) is 0. The number of hydrogen-bond donors (Lipinski definition) is 1. The Bertz CT molecular complexity index is 775. The summed E-state index contributed by atoms with van der Waals surface area (Å²) >= 11 is 0. The quantitative estimate of drug-likeness (QED) is 0.558. The normalized spacial score (nSPS) is 13.3. The number of pyridine rings is 1. The van der Waals surface area contributed by atoms with E-state index in [1.807, 2.05) is 48.5 Å². The van der Waals surface area contributed by atoms with Gasteiger partial charge in [0.05, 0.1) is 12.3 Å². The summed E-state index contributed by atoms with van der Waals surface area (Å²) in [6.45, 7) is 11.2. The summed E-state index contributed by atoms with van der Waals surface area (Å²) < 4.78 is 5.00. The van der Waals surface area contributed by atoms with Crippen molar-refractivity contribution in [3.63, 3.8) is 0 Å². The van der Waals surface area contributed by atoms with Gasteiger partial charge in [0.2, 0.25) is 5.91 Å². The molecule has 1 N–H and O–H groups in total. The van der Waals surface area contributed by atoms with Gasteiger partial charge in [0.15, 0.2) is 0 Å². The van der Waals surface area contributed by atoms with Gasteiger partial charge in [-0.25, -0.2) is 0 Å². The van der Waals surface area contributed by atoms with Crippen molar-refractivity contribution in [3.8, 4) is 0 Å². The van der Waals surface area contributed by atoms with Gasteiger partial charge >= 0.3 is 5.97 Å². The second kappa shape index (κ2) is 11.6. The average molecular weight is 426 g/mol. The number of carbonyl (C=O) groups excluding carboxylic acids is 2. The predicted octanol–water partition coefficient (Wildman–Crippen LogP) is 3.56. The van der Waals surface area contributed by atoms with Crippen LogP contribution in [-0.2, 0) is 19.7 Å². The molecule has 1 amide bonds. The summed E-state index contributed by atoms with van der Waals surface area (Å²) in [5.74, 6) is -0.706. The van der Waals surface area contributed by atoms with E-state index in [-0.39, 0.29) is 19.1 Å². The lowest BCUT2D eigenvalue weighted by Gasteiger charge is -2.37. The number of rotatable bonds is 11. The second-order valence-electron chi connectivity index (χ2n) is 8.15. The number of esters is 1. The highest BCUT2D eigenvalue weighted by atomic mass is 16.5. The summed E-state index contributed by atoms with van der Waals surface area (Å²) in [5, 5.41) is 2.82. The largest absolute Gasteiger partial charge is 0.465 e. The van der Waals surface area contributed by atoms with Gasteiger partial charge in [0.1, 0.15) is 12.0 Å². The molecule has 6 nitrogen and oxygen atoms in total. The van der Waals surface area contributed by atoms with Crippen LogP contribution in [0.4, 0.5) is 0 Å². The minimum absolute atomic E-state index is 0.174. The van der Waals surface area contributed by atoms with Crippen LogP contribution in [0.3, 0.4) is 0 Å². The third-order valence-electron chi connectivity index (χ3n) is 5.53. The molecule has 2 rings (SSSR count). The highest BCUT2D eigenvalue weighted by Gasteiger charge is 2.43. The first-order valence-corrected chi connectivity index (χ1v) is 11.0. The Morgan fingerprint density at radius 3 is 2.23 bits per heavy atom. The minimum Gasteiger partial charge on any atom is -0.465 e. The molecule has 0 bridgehead atoms. The highest BCUT2D eigenvalue weighted by Crippen LogP contribution is 2.35. The fourth-order valence-corrected chi connectivity index (χ4v) is 4.04. The van der Waals surface area contributed by atoms with Crippen molar-refractivity contribution in [3.05, 3.63) is 66.0 Å². The van der Waals surface area contributed by atoms with Crippen molar-refractivity contribution >= 4 is 11.9 Å². The lowest BCUT2D eigenvalue weighted by molar-refractivity contribution is -0.144. The lowest BCUT2D eigenvalue weighted by atomic mass is 9.73. The van der Waals surface area contributed by atoms with Gasteiger partial charge in [0.25, 0.3) is 0 Å². The Morgan fingerprint density at radius 1 is 1.03 bits per heavy atom. The molecule has 2 aromatic rings. The Labute approximate surface area is 186 Å². The molecule has 1 aromatic carbocycles. The van der Waals surface area contributed by atoms with Gasteiger partial charge in [0, 0.05) is 24.8 Å². The number of benzene rings is 1. The van der Waals surface area contributed by atoms with E-state index in [0.29, 0.717) is 30.7 Å². The van der Waals surface area contributed by atoms with Crippen LogP contribution in [0.2, 0.25) is 0 Å². The first-order valence-electron chi connectivity index (χ1n) is 11.0. The monoisotopic (exact) mass is 425 g/mol. The third kappa shape index (κ3) is 6.14. The van der Waals surface area contributed by atoms with Crippen LogP contribution in [0, 0.1) is 0 Å². The van der Waals surface area contributed by atoms with Crippen LogP contribution in [0.5, 0.6) is 0 Å². The molecule has 0 aliphatic rings. The molecular formula is C25H35N3O3. The topological polar surface area (TPSA) is 71.5 Å². The van der Waals surface area contributed by atoms with Crippen LogP contribution in [0.25, 0.3) is 0 Å². The van der Waals surface area contributed by atoms with Crippen molar-refractivity contribution in [1.29, 1.82) is 0 Å². The fraction of sp³-hybridized carbons (Fsp3) is 0.480. The van der Waals surface area contributed by atoms with Crippen LogP contribution in [0.1, 0.15) is 52.3 Å². The number of amides is 1.